The van der Waals surface area contributed by atoms with Gasteiger partial charge in [-0.25, -0.2) is 9.69 Å². The second-order valence-electron chi connectivity index (χ2n) is 7.64. The Kier molecular flexibility index (Phi) is 4.78. The number of furan rings is 1. The van der Waals surface area contributed by atoms with Gasteiger partial charge in [-0.2, -0.15) is 5.10 Å². The van der Waals surface area contributed by atoms with Crippen LogP contribution in [0.5, 0.6) is 0 Å². The highest BCUT2D eigenvalue weighted by Gasteiger charge is 2.41. The number of amides is 4. The monoisotopic (exact) mass is 419 g/mol. The lowest BCUT2D eigenvalue weighted by atomic mass is 10.0. The molecule has 9 heteroatoms. The minimum atomic E-state index is -0.295. The Morgan fingerprint density at radius 1 is 1.06 bits per heavy atom. The number of H-pyrrole nitrogens is 1. The SMILES string of the molecule is O=C(c1cc(-c2ccco2)[nH]n1)N1CCC(N2CC(=O)N(c3ccccc3)C2=O)CC1. The van der Waals surface area contributed by atoms with Crippen LogP contribution in [-0.4, -0.2) is 63.5 Å². The quantitative estimate of drug-likeness (QED) is 0.655. The lowest BCUT2D eigenvalue weighted by Crippen LogP contribution is -2.48. The van der Waals surface area contributed by atoms with E-state index in [9.17, 15) is 14.4 Å². The van der Waals surface area contributed by atoms with Crippen LogP contribution in [0.1, 0.15) is 23.3 Å². The number of likely N-dealkylation sites (tertiary alicyclic amines) is 1. The number of aromatic nitrogens is 2. The van der Waals surface area contributed by atoms with Gasteiger partial charge in [0.25, 0.3) is 11.8 Å². The summed E-state index contributed by atoms with van der Waals surface area (Å²) >= 11 is 0. The van der Waals surface area contributed by atoms with Crippen LogP contribution in [0.15, 0.2) is 59.2 Å². The molecule has 0 spiro atoms. The number of hydrogen-bond acceptors (Lipinski definition) is 5. The van der Waals surface area contributed by atoms with Crippen LogP contribution in [0.2, 0.25) is 0 Å². The second kappa shape index (κ2) is 7.75. The van der Waals surface area contributed by atoms with Crippen LogP contribution in [0, 0.1) is 0 Å². The van der Waals surface area contributed by atoms with Gasteiger partial charge in [-0.15, -0.1) is 0 Å². The smallest absolute Gasteiger partial charge is 0.332 e. The topological polar surface area (TPSA) is 103 Å². The number of urea groups is 1. The highest BCUT2D eigenvalue weighted by molar-refractivity contribution is 6.19. The van der Waals surface area contributed by atoms with Crippen molar-refractivity contribution in [2.24, 2.45) is 0 Å². The summed E-state index contributed by atoms with van der Waals surface area (Å²) in [5.41, 5.74) is 1.55. The Labute approximate surface area is 178 Å². The molecular weight excluding hydrogens is 398 g/mol. The van der Waals surface area contributed by atoms with E-state index in [1.165, 1.54) is 4.90 Å². The first-order chi connectivity index (χ1) is 15.1. The lowest BCUT2D eigenvalue weighted by molar-refractivity contribution is -0.116. The minimum absolute atomic E-state index is 0.0677. The zero-order valence-corrected chi connectivity index (χ0v) is 16.7. The number of benzene rings is 1. The van der Waals surface area contributed by atoms with Crippen LogP contribution in [0.3, 0.4) is 0 Å². The molecule has 3 aromatic rings. The van der Waals surface area contributed by atoms with E-state index in [4.69, 9.17) is 4.42 Å². The third-order valence-electron chi connectivity index (χ3n) is 5.78. The fraction of sp³-hybridized carbons (Fsp3) is 0.273. The van der Waals surface area contributed by atoms with E-state index >= 15 is 0 Å². The van der Waals surface area contributed by atoms with Gasteiger partial charge in [0.05, 0.1) is 12.0 Å². The second-order valence-corrected chi connectivity index (χ2v) is 7.64. The molecule has 31 heavy (non-hydrogen) atoms. The van der Waals surface area contributed by atoms with Gasteiger partial charge in [0.1, 0.15) is 12.2 Å². The molecule has 0 saturated carbocycles. The highest BCUT2D eigenvalue weighted by Crippen LogP contribution is 2.27. The molecule has 2 aliphatic rings. The first-order valence-corrected chi connectivity index (χ1v) is 10.2. The molecule has 5 rings (SSSR count). The number of rotatable bonds is 4. The summed E-state index contributed by atoms with van der Waals surface area (Å²) in [5.74, 6) is 0.226. The molecule has 1 aromatic carbocycles. The number of carbonyl (C=O) groups excluding carboxylic acids is 3. The van der Waals surface area contributed by atoms with Crippen molar-refractivity contribution in [1.82, 2.24) is 20.0 Å². The van der Waals surface area contributed by atoms with Crippen molar-refractivity contribution in [2.75, 3.05) is 24.5 Å². The van der Waals surface area contributed by atoms with Crippen LogP contribution in [0.4, 0.5) is 10.5 Å². The minimum Gasteiger partial charge on any atom is -0.463 e. The number of nitrogens with one attached hydrogen (secondary N) is 1. The molecule has 4 amide bonds. The van der Waals surface area contributed by atoms with Gasteiger partial charge in [0.15, 0.2) is 11.5 Å². The van der Waals surface area contributed by atoms with Crippen LogP contribution >= 0.6 is 0 Å². The summed E-state index contributed by atoms with van der Waals surface area (Å²) in [7, 11) is 0. The summed E-state index contributed by atoms with van der Waals surface area (Å²) in [6.45, 7) is 1.06. The van der Waals surface area contributed by atoms with Crippen molar-refractivity contribution in [3.8, 4) is 11.5 Å². The zero-order valence-electron chi connectivity index (χ0n) is 16.7. The van der Waals surface area contributed by atoms with E-state index in [1.54, 1.807) is 58.5 Å². The molecule has 2 fully saturated rings. The predicted molar refractivity (Wildman–Crippen MR) is 111 cm³/mol. The van der Waals surface area contributed by atoms with Gasteiger partial charge >= 0.3 is 6.03 Å². The number of carbonyl (C=O) groups is 3. The van der Waals surface area contributed by atoms with Crippen molar-refractivity contribution in [2.45, 2.75) is 18.9 Å². The van der Waals surface area contributed by atoms with E-state index in [-0.39, 0.29) is 30.4 Å². The number of nitrogens with zero attached hydrogens (tertiary/aromatic N) is 4. The maximum Gasteiger partial charge on any atom is 0.332 e. The largest absolute Gasteiger partial charge is 0.463 e. The Morgan fingerprint density at radius 2 is 1.84 bits per heavy atom. The number of imide groups is 1. The van der Waals surface area contributed by atoms with Crippen molar-refractivity contribution in [3.05, 3.63) is 60.5 Å². The lowest BCUT2D eigenvalue weighted by Gasteiger charge is -2.35. The third-order valence-corrected chi connectivity index (χ3v) is 5.78. The Balaban J connectivity index is 1.22. The molecule has 0 aliphatic carbocycles. The van der Waals surface area contributed by atoms with Gasteiger partial charge in [-0.3, -0.25) is 14.7 Å². The van der Waals surface area contributed by atoms with Gasteiger partial charge < -0.3 is 14.2 Å². The first kappa shape index (κ1) is 19.1. The molecule has 0 bridgehead atoms. The molecule has 158 valence electrons. The summed E-state index contributed by atoms with van der Waals surface area (Å²) < 4.78 is 5.32. The van der Waals surface area contributed by atoms with E-state index < -0.39 is 0 Å². The Morgan fingerprint density at radius 3 is 2.55 bits per heavy atom. The van der Waals surface area contributed by atoms with E-state index in [0.717, 1.165) is 0 Å². The van der Waals surface area contributed by atoms with E-state index in [2.05, 4.69) is 10.2 Å². The van der Waals surface area contributed by atoms with Gasteiger partial charge in [-0.05, 0) is 37.1 Å². The standard InChI is InChI=1S/C22H21N5O4/c28-20-14-26(22(30)27(20)16-5-2-1-3-6-16)15-8-10-25(11-9-15)21(29)18-13-17(23-24-18)19-7-4-12-31-19/h1-7,12-13,15H,8-11,14H2,(H,23,24). The molecule has 0 unspecified atom stereocenters. The Hall–Kier alpha value is -3.88. The van der Waals surface area contributed by atoms with Gasteiger partial charge in [0, 0.05) is 25.2 Å². The average Bonchev–Trinajstić information content (AvgIpc) is 3.54. The van der Waals surface area contributed by atoms with Crippen molar-refractivity contribution >= 4 is 23.5 Å². The van der Waals surface area contributed by atoms with Crippen LogP contribution < -0.4 is 4.90 Å². The van der Waals surface area contributed by atoms with Crippen LogP contribution in [-0.2, 0) is 4.79 Å². The summed E-state index contributed by atoms with van der Waals surface area (Å²) in [6, 6.07) is 13.8. The van der Waals surface area contributed by atoms with Crippen molar-refractivity contribution in [3.63, 3.8) is 0 Å². The average molecular weight is 419 g/mol. The fourth-order valence-corrected chi connectivity index (χ4v) is 4.17. The molecule has 0 radical (unpaired) electrons. The number of para-hydroxylation sites is 1. The summed E-state index contributed by atoms with van der Waals surface area (Å²) in [6.07, 6.45) is 2.79. The number of piperidine rings is 1. The molecule has 9 nitrogen and oxygen atoms in total. The number of aromatic amines is 1. The predicted octanol–water partition coefficient (Wildman–Crippen LogP) is 2.74. The maximum atomic E-state index is 12.9. The first-order valence-electron chi connectivity index (χ1n) is 10.2. The fourth-order valence-electron chi connectivity index (χ4n) is 4.17. The normalized spacial score (nSPS) is 17.6. The third kappa shape index (κ3) is 3.48. The molecule has 1 N–H and O–H groups in total. The van der Waals surface area contributed by atoms with Gasteiger partial charge in [0.2, 0.25) is 0 Å². The number of anilines is 1. The summed E-state index contributed by atoms with van der Waals surface area (Å²) in [4.78, 5) is 42.8. The molecule has 2 aromatic heterocycles. The van der Waals surface area contributed by atoms with E-state index in [1.807, 2.05) is 6.07 Å². The van der Waals surface area contributed by atoms with Gasteiger partial charge in [-0.1, -0.05) is 18.2 Å². The maximum absolute atomic E-state index is 12.9. The van der Waals surface area contributed by atoms with Crippen LogP contribution in [0.25, 0.3) is 11.5 Å². The Bertz CT molecular complexity index is 1100. The molecule has 2 saturated heterocycles. The summed E-state index contributed by atoms with van der Waals surface area (Å²) in [5, 5.41) is 6.94. The molecule has 2 aliphatic heterocycles. The highest BCUT2D eigenvalue weighted by atomic mass is 16.3. The molecule has 4 heterocycles. The zero-order chi connectivity index (χ0) is 21.4. The number of hydrogen-bond donors (Lipinski definition) is 1. The van der Waals surface area contributed by atoms with Crippen molar-refractivity contribution < 1.29 is 18.8 Å². The van der Waals surface area contributed by atoms with Crippen molar-refractivity contribution in [1.29, 1.82) is 0 Å². The molecular formula is C22H21N5O4. The molecule has 0 atom stereocenters. The van der Waals surface area contributed by atoms with E-state index in [0.29, 0.717) is 48.8 Å².